The van der Waals surface area contributed by atoms with Crippen molar-refractivity contribution in [2.45, 2.75) is 0 Å². The van der Waals surface area contributed by atoms with Crippen LogP contribution in [0.3, 0.4) is 0 Å². The smallest absolute Gasteiger partial charge is 0.345 e. The molecule has 62 valence electrons. The van der Waals surface area contributed by atoms with Crippen LogP contribution in [0.2, 0.25) is 0 Å². The zero-order valence-corrected chi connectivity index (χ0v) is 7.23. The average molecular weight is 180 g/mol. The fourth-order valence-corrected chi connectivity index (χ4v) is 1.70. The van der Waals surface area contributed by atoms with E-state index in [1.54, 1.807) is 18.2 Å². The van der Waals surface area contributed by atoms with Crippen molar-refractivity contribution >= 4 is 29.5 Å². The number of carboxylic acids is 1. The van der Waals surface area contributed by atoms with Crippen LogP contribution in [0.1, 0.15) is 20.1 Å². The Morgan fingerprint density at radius 3 is 2.50 bits per heavy atom. The molecule has 1 aromatic rings. The number of rotatable bonds is 3. The number of carbonyl (C=O) groups is 1. The normalized spacial score (nSPS) is 9.33. The third-order valence-corrected chi connectivity index (χ3v) is 2.54. The SMILES string of the molecule is C=Cc1cc(C(=O)O)sc1C=C. The highest BCUT2D eigenvalue weighted by Crippen LogP contribution is 2.24. The van der Waals surface area contributed by atoms with Crippen LogP contribution in [0, 0.1) is 0 Å². The lowest BCUT2D eigenvalue weighted by Crippen LogP contribution is -1.89. The van der Waals surface area contributed by atoms with Crippen molar-refractivity contribution < 1.29 is 9.90 Å². The van der Waals surface area contributed by atoms with Gasteiger partial charge >= 0.3 is 5.97 Å². The van der Waals surface area contributed by atoms with Crippen molar-refractivity contribution in [3.63, 3.8) is 0 Å². The Labute approximate surface area is 74.5 Å². The molecule has 0 radical (unpaired) electrons. The fraction of sp³-hybridized carbons (Fsp3) is 0. The van der Waals surface area contributed by atoms with E-state index in [9.17, 15) is 4.79 Å². The summed E-state index contributed by atoms with van der Waals surface area (Å²) in [5.74, 6) is -0.906. The summed E-state index contributed by atoms with van der Waals surface area (Å²) in [4.78, 5) is 11.7. The van der Waals surface area contributed by atoms with Gasteiger partial charge in [0.1, 0.15) is 4.88 Å². The van der Waals surface area contributed by atoms with Crippen molar-refractivity contribution in [3.05, 3.63) is 34.5 Å². The Bertz CT molecular complexity index is 311. The summed E-state index contributed by atoms with van der Waals surface area (Å²) in [6.07, 6.45) is 3.26. The van der Waals surface area contributed by atoms with Crippen molar-refractivity contribution in [1.82, 2.24) is 0 Å². The molecule has 1 rings (SSSR count). The van der Waals surface area contributed by atoms with Gasteiger partial charge < -0.3 is 5.11 Å². The zero-order chi connectivity index (χ0) is 9.14. The van der Waals surface area contributed by atoms with E-state index < -0.39 is 5.97 Å². The second-order valence-electron chi connectivity index (χ2n) is 2.14. The van der Waals surface area contributed by atoms with Crippen molar-refractivity contribution in [3.8, 4) is 0 Å². The lowest BCUT2D eigenvalue weighted by molar-refractivity contribution is 0.0702. The Hall–Kier alpha value is -1.35. The maximum Gasteiger partial charge on any atom is 0.345 e. The van der Waals surface area contributed by atoms with Crippen LogP contribution >= 0.6 is 11.3 Å². The molecule has 0 bridgehead atoms. The van der Waals surface area contributed by atoms with E-state index in [1.165, 1.54) is 11.3 Å². The first-order valence-electron chi connectivity index (χ1n) is 3.31. The summed E-state index contributed by atoms with van der Waals surface area (Å²) in [7, 11) is 0. The van der Waals surface area contributed by atoms with Crippen LogP contribution in [-0.2, 0) is 0 Å². The molecule has 2 nitrogen and oxygen atoms in total. The highest BCUT2D eigenvalue weighted by atomic mass is 32.1. The maximum atomic E-state index is 10.5. The van der Waals surface area contributed by atoms with Gasteiger partial charge in [0.15, 0.2) is 0 Å². The summed E-state index contributed by atoms with van der Waals surface area (Å²) in [6.45, 7) is 7.16. The van der Waals surface area contributed by atoms with Gasteiger partial charge in [-0.1, -0.05) is 25.3 Å². The second-order valence-corrected chi connectivity index (χ2v) is 3.23. The number of aromatic carboxylic acids is 1. The minimum absolute atomic E-state index is 0.319. The first-order valence-corrected chi connectivity index (χ1v) is 4.12. The van der Waals surface area contributed by atoms with Crippen molar-refractivity contribution in [1.29, 1.82) is 0 Å². The van der Waals surface area contributed by atoms with E-state index in [4.69, 9.17) is 5.11 Å². The summed E-state index contributed by atoms with van der Waals surface area (Å²) in [5.41, 5.74) is 0.826. The molecule has 1 heterocycles. The first-order chi connectivity index (χ1) is 5.69. The predicted molar refractivity (Wildman–Crippen MR) is 51.5 cm³/mol. The van der Waals surface area contributed by atoms with Gasteiger partial charge in [0.25, 0.3) is 0 Å². The quantitative estimate of drug-likeness (QED) is 0.776. The molecule has 1 N–H and O–H groups in total. The Balaban J connectivity index is 3.22. The lowest BCUT2D eigenvalue weighted by Gasteiger charge is -1.85. The van der Waals surface area contributed by atoms with Gasteiger partial charge in [0, 0.05) is 4.88 Å². The molecular formula is C9H8O2S. The van der Waals surface area contributed by atoms with Gasteiger partial charge in [-0.15, -0.1) is 11.3 Å². The van der Waals surface area contributed by atoms with E-state index in [0.717, 1.165) is 10.4 Å². The zero-order valence-electron chi connectivity index (χ0n) is 6.41. The van der Waals surface area contributed by atoms with Gasteiger partial charge in [0.2, 0.25) is 0 Å². The van der Waals surface area contributed by atoms with Crippen molar-refractivity contribution in [2.24, 2.45) is 0 Å². The summed E-state index contributed by atoms with van der Waals surface area (Å²) in [6, 6.07) is 1.59. The number of thiophene rings is 1. The highest BCUT2D eigenvalue weighted by Gasteiger charge is 2.09. The summed E-state index contributed by atoms with van der Waals surface area (Å²) >= 11 is 1.20. The van der Waals surface area contributed by atoms with Crippen LogP contribution in [-0.4, -0.2) is 11.1 Å². The van der Waals surface area contributed by atoms with Gasteiger partial charge in [-0.2, -0.15) is 0 Å². The van der Waals surface area contributed by atoms with E-state index in [-0.39, 0.29) is 0 Å². The van der Waals surface area contributed by atoms with Crippen LogP contribution in [0.5, 0.6) is 0 Å². The lowest BCUT2D eigenvalue weighted by atomic mass is 10.2. The minimum atomic E-state index is -0.906. The van der Waals surface area contributed by atoms with Crippen molar-refractivity contribution in [2.75, 3.05) is 0 Å². The van der Waals surface area contributed by atoms with Crippen LogP contribution in [0.25, 0.3) is 12.2 Å². The highest BCUT2D eigenvalue weighted by molar-refractivity contribution is 7.15. The maximum absolute atomic E-state index is 10.5. The molecule has 0 aliphatic rings. The molecule has 0 fully saturated rings. The molecule has 0 aliphatic carbocycles. The molecule has 0 aromatic carbocycles. The average Bonchev–Trinajstić information content (AvgIpc) is 2.46. The van der Waals surface area contributed by atoms with Gasteiger partial charge in [-0.05, 0) is 11.6 Å². The molecule has 0 spiro atoms. The van der Waals surface area contributed by atoms with Gasteiger partial charge in [0.05, 0.1) is 0 Å². The molecule has 0 saturated heterocycles. The number of hydrogen-bond donors (Lipinski definition) is 1. The molecule has 0 atom stereocenters. The fourth-order valence-electron chi connectivity index (χ4n) is 0.844. The first kappa shape index (κ1) is 8.74. The van der Waals surface area contributed by atoms with E-state index in [0.29, 0.717) is 4.88 Å². The largest absolute Gasteiger partial charge is 0.477 e. The molecule has 12 heavy (non-hydrogen) atoms. The standard InChI is InChI=1S/C9H8O2S/c1-3-6-5-8(9(10)11)12-7(6)4-2/h3-5H,1-2H2,(H,10,11). The molecule has 0 unspecified atom stereocenters. The summed E-state index contributed by atoms with van der Waals surface area (Å²) in [5, 5.41) is 8.66. The third-order valence-electron chi connectivity index (χ3n) is 1.41. The number of hydrogen-bond acceptors (Lipinski definition) is 2. The second kappa shape index (κ2) is 3.36. The van der Waals surface area contributed by atoms with E-state index in [1.807, 2.05) is 0 Å². The molecular weight excluding hydrogens is 172 g/mol. The van der Waals surface area contributed by atoms with Crippen LogP contribution in [0.15, 0.2) is 19.2 Å². The third kappa shape index (κ3) is 1.46. The number of carboxylic acid groups (broad SMARTS) is 1. The minimum Gasteiger partial charge on any atom is -0.477 e. The topological polar surface area (TPSA) is 37.3 Å². The summed E-state index contributed by atoms with van der Waals surface area (Å²) < 4.78 is 0. The van der Waals surface area contributed by atoms with Gasteiger partial charge in [-0.25, -0.2) is 4.79 Å². The van der Waals surface area contributed by atoms with Crippen LogP contribution in [0.4, 0.5) is 0 Å². The molecule has 0 aliphatic heterocycles. The Kier molecular flexibility index (Phi) is 2.45. The molecule has 1 aromatic heterocycles. The monoisotopic (exact) mass is 180 g/mol. The molecule has 3 heteroatoms. The predicted octanol–water partition coefficient (Wildman–Crippen LogP) is 2.73. The molecule has 0 saturated carbocycles. The van der Waals surface area contributed by atoms with Gasteiger partial charge in [-0.3, -0.25) is 0 Å². The van der Waals surface area contributed by atoms with E-state index >= 15 is 0 Å². The van der Waals surface area contributed by atoms with E-state index in [2.05, 4.69) is 13.2 Å². The Morgan fingerprint density at radius 2 is 2.17 bits per heavy atom. The molecule has 0 amide bonds. The Morgan fingerprint density at radius 1 is 1.50 bits per heavy atom. The van der Waals surface area contributed by atoms with Crippen LogP contribution < -0.4 is 0 Å².